The molecule has 2 aliphatic rings. The number of nitrogens with one attached hydrogen (secondary N) is 1. The van der Waals surface area contributed by atoms with Crippen molar-refractivity contribution in [1.29, 1.82) is 0 Å². The molecule has 2 saturated heterocycles. The van der Waals surface area contributed by atoms with Gasteiger partial charge in [0, 0.05) is 45.3 Å². The minimum absolute atomic E-state index is 0.360. The fourth-order valence-corrected chi connectivity index (χ4v) is 4.94. The summed E-state index contributed by atoms with van der Waals surface area (Å²) in [6.45, 7) is 21.2. The van der Waals surface area contributed by atoms with Gasteiger partial charge in [-0.1, -0.05) is 43.3 Å². The number of hydrogen-bond acceptors (Lipinski definition) is 6. The zero-order valence-electron chi connectivity index (χ0n) is 21.1. The Bertz CT molecular complexity index is 1140. The first-order chi connectivity index (χ1) is 16.5. The first-order valence-corrected chi connectivity index (χ1v) is 12.4. The molecule has 8 heteroatoms. The minimum Gasteiger partial charge on any atom is -0.319 e. The highest BCUT2D eigenvalue weighted by atomic mass is 15.5. The lowest BCUT2D eigenvalue weighted by molar-refractivity contribution is 0.106. The van der Waals surface area contributed by atoms with Crippen molar-refractivity contribution in [2.45, 2.75) is 32.9 Å². The molecule has 0 bridgehead atoms. The van der Waals surface area contributed by atoms with Crippen LogP contribution < -0.4 is 21.7 Å². The number of imidazole rings is 1. The molecule has 0 amide bonds. The Morgan fingerprint density at radius 1 is 1.12 bits per heavy atom. The van der Waals surface area contributed by atoms with E-state index in [1.54, 1.807) is 0 Å². The zero-order chi connectivity index (χ0) is 24.1. The summed E-state index contributed by atoms with van der Waals surface area (Å²) in [5, 5.41) is 3.26. The van der Waals surface area contributed by atoms with Gasteiger partial charge in [-0.2, -0.15) is 0 Å². The second kappa shape index (κ2) is 11.3. The van der Waals surface area contributed by atoms with Crippen molar-refractivity contribution in [1.82, 2.24) is 29.4 Å². The molecule has 34 heavy (non-hydrogen) atoms. The summed E-state index contributed by atoms with van der Waals surface area (Å²) in [4.78, 5) is 14.1. The molecule has 2 aliphatic heterocycles. The molecule has 184 valence electrons. The SMILES string of the molecule is C=N/C=c1\c(=N/CNN2CCN(C)CC2)n(Cc2ccc(C)cc2)c(=C)n1C1CCN(CC)C1. The average Bonchev–Trinajstić information content (AvgIpc) is 3.40. The lowest BCUT2D eigenvalue weighted by atomic mass is 10.1. The van der Waals surface area contributed by atoms with Crippen LogP contribution in [0.15, 0.2) is 34.3 Å². The van der Waals surface area contributed by atoms with E-state index in [1.807, 2.05) is 6.20 Å². The van der Waals surface area contributed by atoms with Crippen LogP contribution in [0.3, 0.4) is 0 Å². The van der Waals surface area contributed by atoms with Crippen LogP contribution in [0.4, 0.5) is 0 Å². The van der Waals surface area contributed by atoms with Gasteiger partial charge in [0.05, 0.1) is 12.7 Å². The summed E-state index contributed by atoms with van der Waals surface area (Å²) in [6, 6.07) is 9.06. The van der Waals surface area contributed by atoms with Crippen molar-refractivity contribution in [3.05, 3.63) is 51.7 Å². The van der Waals surface area contributed by atoms with Crippen molar-refractivity contribution in [2.75, 3.05) is 59.5 Å². The van der Waals surface area contributed by atoms with Crippen molar-refractivity contribution < 1.29 is 0 Å². The maximum absolute atomic E-state index is 5.05. The van der Waals surface area contributed by atoms with Gasteiger partial charge >= 0.3 is 0 Å². The molecule has 8 nitrogen and oxygen atoms in total. The van der Waals surface area contributed by atoms with Gasteiger partial charge in [-0.25, -0.2) is 15.4 Å². The number of hydrazine groups is 1. The largest absolute Gasteiger partial charge is 0.319 e. The molecule has 1 aromatic carbocycles. The van der Waals surface area contributed by atoms with Gasteiger partial charge in [0.15, 0.2) is 5.49 Å². The number of hydrogen-bond donors (Lipinski definition) is 1. The van der Waals surface area contributed by atoms with Crippen LogP contribution in [-0.2, 0) is 6.54 Å². The van der Waals surface area contributed by atoms with Crippen LogP contribution in [0.1, 0.15) is 30.5 Å². The monoisotopic (exact) mass is 464 g/mol. The maximum atomic E-state index is 5.05. The molecule has 2 aromatic rings. The molecular formula is C26H40N8. The Hall–Kier alpha value is -2.52. The van der Waals surface area contributed by atoms with Crippen molar-refractivity contribution in [3.8, 4) is 0 Å². The van der Waals surface area contributed by atoms with Crippen LogP contribution in [0.2, 0.25) is 0 Å². The number of piperazine rings is 1. The molecule has 4 rings (SSSR count). The number of aryl methyl sites for hydroxylation is 1. The van der Waals surface area contributed by atoms with Gasteiger partial charge in [0.25, 0.3) is 0 Å². The predicted molar refractivity (Wildman–Crippen MR) is 140 cm³/mol. The third-order valence-corrected chi connectivity index (χ3v) is 7.10. The second-order valence-electron chi connectivity index (χ2n) is 9.48. The van der Waals surface area contributed by atoms with E-state index in [9.17, 15) is 0 Å². The maximum Gasteiger partial charge on any atom is 0.156 e. The van der Waals surface area contributed by atoms with Gasteiger partial charge in [0.2, 0.25) is 0 Å². The van der Waals surface area contributed by atoms with Gasteiger partial charge in [0.1, 0.15) is 17.5 Å². The highest BCUT2D eigenvalue weighted by Gasteiger charge is 2.25. The first-order valence-electron chi connectivity index (χ1n) is 12.4. The topological polar surface area (TPSA) is 56.3 Å². The molecule has 0 spiro atoms. The molecule has 1 unspecified atom stereocenters. The molecule has 0 saturated carbocycles. The van der Waals surface area contributed by atoms with E-state index < -0.39 is 0 Å². The number of rotatable bonds is 8. The molecule has 0 radical (unpaired) electrons. The molecule has 2 fully saturated rings. The quantitative estimate of drug-likeness (QED) is 0.574. The summed E-state index contributed by atoms with van der Waals surface area (Å²) in [5.41, 5.74) is 7.88. The van der Waals surface area contributed by atoms with E-state index in [2.05, 4.69) is 92.8 Å². The van der Waals surface area contributed by atoms with E-state index in [-0.39, 0.29) is 0 Å². The van der Waals surface area contributed by atoms with Crippen molar-refractivity contribution >= 4 is 19.5 Å². The third-order valence-electron chi connectivity index (χ3n) is 7.10. The summed E-state index contributed by atoms with van der Waals surface area (Å²) >= 11 is 0. The van der Waals surface area contributed by atoms with Crippen LogP contribution in [0.25, 0.3) is 12.8 Å². The van der Waals surface area contributed by atoms with E-state index in [0.717, 1.165) is 75.1 Å². The zero-order valence-corrected chi connectivity index (χ0v) is 21.1. The molecule has 1 aromatic heterocycles. The standard InChI is InChI=1S/C26H40N8/c1-6-31-12-11-24(19-31)34-22(3)33(18-23-9-7-21(2)8-10-23)26(25(34)17-27-4)28-20-29-32-15-13-30(5)14-16-32/h7-10,17,24,29H,3-4,6,11-16,18-20H2,1-2,5H3/b25-17+,28-26+. The Morgan fingerprint density at radius 3 is 2.50 bits per heavy atom. The fraction of sp³-hybridized carbons (Fsp3) is 0.538. The van der Waals surface area contributed by atoms with Gasteiger partial charge in [-0.3, -0.25) is 4.99 Å². The minimum atomic E-state index is 0.360. The summed E-state index contributed by atoms with van der Waals surface area (Å²) in [7, 11) is 2.17. The Labute approximate surface area is 203 Å². The lowest BCUT2D eigenvalue weighted by Crippen LogP contribution is -2.51. The van der Waals surface area contributed by atoms with Gasteiger partial charge in [-0.15, -0.1) is 0 Å². The van der Waals surface area contributed by atoms with Gasteiger partial charge < -0.3 is 18.9 Å². The van der Waals surface area contributed by atoms with Crippen LogP contribution >= 0.6 is 0 Å². The van der Waals surface area contributed by atoms with Crippen LogP contribution in [0, 0.1) is 6.92 Å². The van der Waals surface area contributed by atoms with E-state index in [0.29, 0.717) is 12.7 Å². The number of aromatic nitrogens is 2. The predicted octanol–water partition coefficient (Wildman–Crippen LogP) is 0.372. The van der Waals surface area contributed by atoms with Gasteiger partial charge in [-0.05, 0) is 39.2 Å². The number of likely N-dealkylation sites (tertiary alicyclic amines) is 1. The van der Waals surface area contributed by atoms with Crippen LogP contribution in [-0.4, -0.2) is 90.2 Å². The summed E-state index contributed by atoms with van der Waals surface area (Å²) in [6.07, 6.45) is 2.95. The lowest BCUT2D eigenvalue weighted by Gasteiger charge is -2.32. The number of benzene rings is 1. The number of nitrogens with zero attached hydrogens (tertiary/aromatic N) is 7. The van der Waals surface area contributed by atoms with E-state index >= 15 is 0 Å². The highest BCUT2D eigenvalue weighted by molar-refractivity contribution is 5.35. The van der Waals surface area contributed by atoms with Crippen molar-refractivity contribution in [3.63, 3.8) is 0 Å². The summed E-state index contributed by atoms with van der Waals surface area (Å²) < 4.78 is 4.58. The van der Waals surface area contributed by atoms with Crippen molar-refractivity contribution in [2.24, 2.45) is 9.98 Å². The molecule has 0 aliphatic carbocycles. The number of aliphatic imine (C=N–C) groups is 1. The third kappa shape index (κ3) is 5.58. The Morgan fingerprint density at radius 2 is 1.85 bits per heavy atom. The summed E-state index contributed by atoms with van der Waals surface area (Å²) in [5.74, 6) is 0. The van der Waals surface area contributed by atoms with E-state index in [4.69, 9.17) is 4.99 Å². The first kappa shape index (κ1) is 24.6. The second-order valence-corrected chi connectivity index (χ2v) is 9.48. The normalized spacial score (nSPS) is 21.6. The Kier molecular flexibility index (Phi) is 8.15. The Balaban J connectivity index is 1.72. The van der Waals surface area contributed by atoms with E-state index in [1.165, 1.54) is 11.1 Å². The average molecular weight is 465 g/mol. The fourth-order valence-electron chi connectivity index (χ4n) is 4.94. The van der Waals surface area contributed by atoms with Crippen LogP contribution in [0.5, 0.6) is 0 Å². The molecule has 3 heterocycles. The highest BCUT2D eigenvalue weighted by Crippen LogP contribution is 2.18. The number of likely N-dealkylation sites (N-methyl/N-ethyl adjacent to an activating group) is 2. The molecular weight excluding hydrogens is 424 g/mol. The molecule has 1 N–H and O–H groups in total. The smallest absolute Gasteiger partial charge is 0.156 e. The molecule has 1 atom stereocenters.